The second-order valence-electron chi connectivity index (χ2n) is 2.65. The number of alkyl halides is 1. The molecule has 0 radical (unpaired) electrons. The Hall–Kier alpha value is -1.16. The van der Waals surface area contributed by atoms with E-state index in [4.69, 9.17) is 0 Å². The minimum absolute atomic E-state index is 0.797. The fraction of sp³-hybridized carbons (Fsp3) is 0.111. The van der Waals surface area contributed by atoms with E-state index in [-0.39, 0.29) is 0 Å². The maximum Gasteiger partial charge on any atom is 0.0924 e. The Morgan fingerprint density at radius 1 is 1.31 bits per heavy atom. The lowest BCUT2D eigenvalue weighted by molar-refractivity contribution is 1.04. The molecule has 0 fully saturated rings. The number of nitrogens with zero attached hydrogens (tertiary/aromatic N) is 2. The van der Waals surface area contributed by atoms with Gasteiger partial charge in [0.2, 0.25) is 0 Å². The molecule has 0 aliphatic heterocycles. The Bertz CT molecular complexity index is 383. The first-order valence-electron chi connectivity index (χ1n) is 3.91. The topological polar surface area (TPSA) is 41.6 Å². The van der Waals surface area contributed by atoms with Crippen LogP contribution in [0.25, 0.3) is 11.3 Å². The van der Waals surface area contributed by atoms with Gasteiger partial charge in [-0.1, -0.05) is 15.9 Å². The summed E-state index contributed by atoms with van der Waals surface area (Å²) in [6.45, 7) is 0. The zero-order chi connectivity index (χ0) is 9.10. The predicted molar refractivity (Wildman–Crippen MR) is 54.4 cm³/mol. The monoisotopic (exact) mass is 237 g/mol. The molecule has 2 aromatic heterocycles. The molecule has 2 heterocycles. The molecule has 0 unspecified atom stereocenters. The van der Waals surface area contributed by atoms with Gasteiger partial charge >= 0.3 is 0 Å². The molecule has 3 nitrogen and oxygen atoms in total. The molecule has 0 aromatic carbocycles. The Labute approximate surface area is 84.3 Å². The third-order valence-electron chi connectivity index (χ3n) is 1.75. The molecule has 0 spiro atoms. The summed E-state index contributed by atoms with van der Waals surface area (Å²) in [5, 5.41) is 7.91. The van der Waals surface area contributed by atoms with Gasteiger partial charge in [0.05, 0.1) is 5.69 Å². The van der Waals surface area contributed by atoms with Gasteiger partial charge in [0.1, 0.15) is 0 Å². The number of rotatable bonds is 2. The number of halogens is 1. The van der Waals surface area contributed by atoms with E-state index in [0.29, 0.717) is 0 Å². The summed E-state index contributed by atoms with van der Waals surface area (Å²) < 4.78 is 0. The Balaban J connectivity index is 2.36. The number of pyridine rings is 1. The number of H-pyrrole nitrogens is 1. The van der Waals surface area contributed by atoms with Gasteiger partial charge in [0.25, 0.3) is 0 Å². The molecule has 0 bridgehead atoms. The zero-order valence-corrected chi connectivity index (χ0v) is 8.45. The smallest absolute Gasteiger partial charge is 0.0924 e. The van der Waals surface area contributed by atoms with Gasteiger partial charge < -0.3 is 0 Å². The molecule has 2 rings (SSSR count). The maximum atomic E-state index is 4.17. The van der Waals surface area contributed by atoms with E-state index in [1.54, 1.807) is 12.4 Å². The summed E-state index contributed by atoms with van der Waals surface area (Å²) in [5.74, 6) is 0. The normalized spacial score (nSPS) is 10.2. The van der Waals surface area contributed by atoms with E-state index in [1.807, 2.05) is 18.2 Å². The minimum atomic E-state index is 0.797. The van der Waals surface area contributed by atoms with Crippen molar-refractivity contribution in [2.45, 2.75) is 5.33 Å². The van der Waals surface area contributed by atoms with E-state index in [0.717, 1.165) is 22.3 Å². The highest BCUT2D eigenvalue weighted by Gasteiger charge is 2.01. The summed E-state index contributed by atoms with van der Waals surface area (Å²) in [5.41, 5.74) is 3.11. The first-order chi connectivity index (χ1) is 6.40. The van der Waals surface area contributed by atoms with E-state index in [1.165, 1.54) is 0 Å². The van der Waals surface area contributed by atoms with E-state index in [9.17, 15) is 0 Å². The fourth-order valence-electron chi connectivity index (χ4n) is 1.10. The summed E-state index contributed by atoms with van der Waals surface area (Å²) in [7, 11) is 0. The van der Waals surface area contributed by atoms with Crippen LogP contribution in [0.15, 0.2) is 30.6 Å². The first kappa shape index (κ1) is 8.44. The van der Waals surface area contributed by atoms with Crippen molar-refractivity contribution < 1.29 is 0 Å². The average molecular weight is 238 g/mol. The highest BCUT2D eigenvalue weighted by atomic mass is 79.9. The molecule has 2 aromatic rings. The third-order valence-corrected chi connectivity index (χ3v) is 2.36. The van der Waals surface area contributed by atoms with Crippen LogP contribution in [0.2, 0.25) is 0 Å². The van der Waals surface area contributed by atoms with Crippen LogP contribution in [0.5, 0.6) is 0 Å². The van der Waals surface area contributed by atoms with Crippen LogP contribution in [0, 0.1) is 0 Å². The molecule has 0 atom stereocenters. The summed E-state index contributed by atoms with van der Waals surface area (Å²) in [6, 6.07) is 5.90. The molecule has 0 saturated carbocycles. The van der Waals surface area contributed by atoms with Gasteiger partial charge in [-0.15, -0.1) is 0 Å². The van der Waals surface area contributed by atoms with Crippen LogP contribution in [0.4, 0.5) is 0 Å². The third kappa shape index (κ3) is 1.78. The Morgan fingerprint density at radius 2 is 2.08 bits per heavy atom. The number of aromatic amines is 1. The molecule has 13 heavy (non-hydrogen) atoms. The van der Waals surface area contributed by atoms with Gasteiger partial charge in [-0.25, -0.2) is 0 Å². The molecule has 4 heteroatoms. The number of hydrogen-bond donors (Lipinski definition) is 1. The Kier molecular flexibility index (Phi) is 2.40. The van der Waals surface area contributed by atoms with Crippen LogP contribution < -0.4 is 0 Å². The molecular weight excluding hydrogens is 230 g/mol. The van der Waals surface area contributed by atoms with Crippen LogP contribution in [0.3, 0.4) is 0 Å². The largest absolute Gasteiger partial charge is 0.281 e. The number of hydrogen-bond acceptors (Lipinski definition) is 2. The maximum absolute atomic E-state index is 4.17. The van der Waals surface area contributed by atoms with E-state index in [2.05, 4.69) is 31.1 Å². The van der Waals surface area contributed by atoms with Crippen molar-refractivity contribution in [2.75, 3.05) is 0 Å². The van der Waals surface area contributed by atoms with Gasteiger partial charge in [-0.05, 0) is 18.2 Å². The van der Waals surface area contributed by atoms with E-state index >= 15 is 0 Å². The molecule has 0 aliphatic rings. The van der Waals surface area contributed by atoms with Crippen molar-refractivity contribution in [2.24, 2.45) is 0 Å². The highest BCUT2D eigenvalue weighted by molar-refractivity contribution is 9.08. The highest BCUT2D eigenvalue weighted by Crippen LogP contribution is 2.16. The van der Waals surface area contributed by atoms with Crippen LogP contribution >= 0.6 is 15.9 Å². The number of aromatic nitrogens is 3. The molecule has 66 valence electrons. The van der Waals surface area contributed by atoms with Crippen molar-refractivity contribution in [1.82, 2.24) is 15.2 Å². The second-order valence-corrected chi connectivity index (χ2v) is 3.21. The fourth-order valence-corrected chi connectivity index (χ4v) is 1.39. The van der Waals surface area contributed by atoms with Crippen molar-refractivity contribution >= 4 is 15.9 Å². The SMILES string of the molecule is BrCc1cc(-c2ccncc2)n[nH]1. The van der Waals surface area contributed by atoms with Crippen LogP contribution in [-0.4, -0.2) is 15.2 Å². The minimum Gasteiger partial charge on any atom is -0.281 e. The lowest BCUT2D eigenvalue weighted by Crippen LogP contribution is -1.77. The van der Waals surface area contributed by atoms with Crippen molar-refractivity contribution in [3.8, 4) is 11.3 Å². The lowest BCUT2D eigenvalue weighted by Gasteiger charge is -1.91. The lowest BCUT2D eigenvalue weighted by atomic mass is 10.2. The molecule has 0 amide bonds. The van der Waals surface area contributed by atoms with Crippen molar-refractivity contribution in [3.05, 3.63) is 36.3 Å². The Morgan fingerprint density at radius 3 is 2.69 bits per heavy atom. The van der Waals surface area contributed by atoms with Gasteiger partial charge in [0, 0.05) is 29.0 Å². The molecule has 1 N–H and O–H groups in total. The van der Waals surface area contributed by atoms with Gasteiger partial charge in [-0.2, -0.15) is 5.10 Å². The summed E-state index contributed by atoms with van der Waals surface area (Å²) in [6.07, 6.45) is 3.52. The van der Waals surface area contributed by atoms with Crippen molar-refractivity contribution in [1.29, 1.82) is 0 Å². The molecule has 0 saturated heterocycles. The average Bonchev–Trinajstić information content (AvgIpc) is 2.67. The zero-order valence-electron chi connectivity index (χ0n) is 6.87. The predicted octanol–water partition coefficient (Wildman–Crippen LogP) is 2.37. The summed E-state index contributed by atoms with van der Waals surface area (Å²) >= 11 is 3.36. The molecular formula is C9H8BrN3. The van der Waals surface area contributed by atoms with Gasteiger partial charge in [0.15, 0.2) is 0 Å². The molecule has 0 aliphatic carbocycles. The second kappa shape index (κ2) is 3.70. The standard InChI is InChI=1S/C9H8BrN3/c10-6-8-5-9(13-12-8)7-1-3-11-4-2-7/h1-5H,6H2,(H,12,13). The van der Waals surface area contributed by atoms with Crippen molar-refractivity contribution in [3.63, 3.8) is 0 Å². The van der Waals surface area contributed by atoms with Gasteiger partial charge in [-0.3, -0.25) is 10.1 Å². The first-order valence-corrected chi connectivity index (χ1v) is 5.03. The van der Waals surface area contributed by atoms with E-state index < -0.39 is 0 Å². The van der Waals surface area contributed by atoms with Crippen LogP contribution in [0.1, 0.15) is 5.69 Å². The summed E-state index contributed by atoms with van der Waals surface area (Å²) in [4.78, 5) is 3.95. The number of nitrogens with one attached hydrogen (secondary N) is 1. The van der Waals surface area contributed by atoms with Crippen LogP contribution in [-0.2, 0) is 5.33 Å². The quantitative estimate of drug-likeness (QED) is 0.816.